The summed E-state index contributed by atoms with van der Waals surface area (Å²) in [6, 6.07) is 1.37. The van der Waals surface area contributed by atoms with Gasteiger partial charge in [-0.15, -0.1) is 0 Å². The van der Waals surface area contributed by atoms with E-state index in [1.807, 2.05) is 0 Å². The lowest BCUT2D eigenvalue weighted by molar-refractivity contribution is 0.178. The van der Waals surface area contributed by atoms with Crippen LogP contribution in [0, 0.1) is 0 Å². The number of hydrogen-bond donors (Lipinski definition) is 0. The normalized spacial score (nSPS) is 19.7. The highest BCUT2D eigenvalue weighted by atomic mass is 15.4. The molecule has 1 heterocycles. The van der Waals surface area contributed by atoms with E-state index in [2.05, 4.69) is 49.9 Å². The Kier molecular flexibility index (Phi) is 5.00. The molecule has 88 valence electrons. The molecular weight excluding hydrogens is 184 g/mol. The van der Waals surface area contributed by atoms with E-state index in [-0.39, 0.29) is 0 Å². The summed E-state index contributed by atoms with van der Waals surface area (Å²) in [6.07, 6.45) is 9.64. The Morgan fingerprint density at radius 2 is 1.33 bits per heavy atom. The molecule has 1 rings (SSSR count). The molecule has 0 amide bonds. The number of hydrogen-bond acceptors (Lipinski definition) is 2. The van der Waals surface area contributed by atoms with Gasteiger partial charge in [-0.2, -0.15) is 0 Å². The first-order valence-corrected chi connectivity index (χ1v) is 6.38. The molecule has 0 aromatic carbocycles. The minimum absolute atomic E-state index is 0.685. The summed E-state index contributed by atoms with van der Waals surface area (Å²) in [5.41, 5.74) is 0. The highest BCUT2D eigenvalue weighted by Gasteiger charge is 2.19. The van der Waals surface area contributed by atoms with E-state index in [0.717, 1.165) is 6.67 Å². The van der Waals surface area contributed by atoms with E-state index >= 15 is 0 Å². The predicted molar refractivity (Wildman–Crippen MR) is 66.4 cm³/mol. The molecule has 0 fully saturated rings. The molecule has 2 heteroatoms. The molecule has 0 aromatic heterocycles. The van der Waals surface area contributed by atoms with Gasteiger partial charge in [0.15, 0.2) is 0 Å². The average molecular weight is 210 g/mol. The number of nitrogens with zero attached hydrogens (tertiary/aromatic N) is 2. The van der Waals surface area contributed by atoms with Crippen molar-refractivity contribution >= 4 is 0 Å². The summed E-state index contributed by atoms with van der Waals surface area (Å²) in [5, 5.41) is 0. The van der Waals surface area contributed by atoms with Crippen LogP contribution >= 0.6 is 0 Å². The largest absolute Gasteiger partial charge is 0.356 e. The molecule has 1 aliphatic rings. The fourth-order valence-electron chi connectivity index (χ4n) is 2.19. The maximum absolute atomic E-state index is 2.45. The first-order valence-electron chi connectivity index (χ1n) is 6.38. The fraction of sp³-hybridized carbons (Fsp3) is 0.846. The molecule has 0 bridgehead atoms. The Morgan fingerprint density at radius 3 is 1.67 bits per heavy atom. The van der Waals surface area contributed by atoms with Gasteiger partial charge in [-0.1, -0.05) is 26.7 Å². The summed E-state index contributed by atoms with van der Waals surface area (Å²) in [5.74, 6) is 0. The molecule has 0 radical (unpaired) electrons. The van der Waals surface area contributed by atoms with E-state index in [1.165, 1.54) is 25.7 Å². The van der Waals surface area contributed by atoms with Crippen LogP contribution < -0.4 is 0 Å². The quantitative estimate of drug-likeness (QED) is 0.663. The van der Waals surface area contributed by atoms with E-state index in [1.54, 1.807) is 0 Å². The summed E-state index contributed by atoms with van der Waals surface area (Å²) < 4.78 is 0. The van der Waals surface area contributed by atoms with Crippen LogP contribution in [-0.2, 0) is 0 Å². The van der Waals surface area contributed by atoms with Crippen molar-refractivity contribution in [2.24, 2.45) is 0 Å². The topological polar surface area (TPSA) is 6.48 Å². The second-order valence-corrected chi connectivity index (χ2v) is 4.74. The highest BCUT2D eigenvalue weighted by molar-refractivity contribution is 4.94. The van der Waals surface area contributed by atoms with Crippen LogP contribution in [0.3, 0.4) is 0 Å². The molecule has 2 nitrogen and oxygen atoms in total. The van der Waals surface area contributed by atoms with Crippen molar-refractivity contribution in [1.82, 2.24) is 9.80 Å². The van der Waals surface area contributed by atoms with Crippen LogP contribution in [0.4, 0.5) is 0 Å². The van der Waals surface area contributed by atoms with Crippen molar-refractivity contribution in [2.45, 2.75) is 65.5 Å². The zero-order valence-corrected chi connectivity index (χ0v) is 10.7. The van der Waals surface area contributed by atoms with Crippen LogP contribution in [0.1, 0.15) is 53.4 Å². The van der Waals surface area contributed by atoms with Gasteiger partial charge < -0.3 is 9.80 Å². The van der Waals surface area contributed by atoms with Crippen molar-refractivity contribution in [3.63, 3.8) is 0 Å². The van der Waals surface area contributed by atoms with Crippen LogP contribution in [0.5, 0.6) is 0 Å². The third-order valence-corrected chi connectivity index (χ3v) is 3.32. The molecule has 2 atom stereocenters. The van der Waals surface area contributed by atoms with Gasteiger partial charge in [-0.05, 0) is 26.7 Å². The minimum atomic E-state index is 0.685. The van der Waals surface area contributed by atoms with Gasteiger partial charge in [0.05, 0.1) is 6.67 Å². The van der Waals surface area contributed by atoms with Crippen LogP contribution in [-0.4, -0.2) is 28.6 Å². The second-order valence-electron chi connectivity index (χ2n) is 4.74. The van der Waals surface area contributed by atoms with Crippen molar-refractivity contribution in [3.8, 4) is 0 Å². The lowest BCUT2D eigenvalue weighted by atomic mass is 10.2. The number of rotatable bonds is 6. The monoisotopic (exact) mass is 210 g/mol. The molecule has 0 N–H and O–H groups in total. The summed E-state index contributed by atoms with van der Waals surface area (Å²) in [6.45, 7) is 10.2. The first kappa shape index (κ1) is 12.4. The van der Waals surface area contributed by atoms with Crippen molar-refractivity contribution in [3.05, 3.63) is 12.4 Å². The molecule has 15 heavy (non-hydrogen) atoms. The maximum Gasteiger partial charge on any atom is 0.0899 e. The van der Waals surface area contributed by atoms with E-state index in [0.29, 0.717) is 12.1 Å². The standard InChI is InChI=1S/C13H26N2/c1-5-7-12(3)14-9-10-15(11-14)13(4)8-6-2/h9-10,12-13H,5-8,11H2,1-4H3. The van der Waals surface area contributed by atoms with E-state index in [4.69, 9.17) is 0 Å². The van der Waals surface area contributed by atoms with Gasteiger partial charge in [0.1, 0.15) is 0 Å². The van der Waals surface area contributed by atoms with Gasteiger partial charge in [0, 0.05) is 24.5 Å². The van der Waals surface area contributed by atoms with E-state index in [9.17, 15) is 0 Å². The summed E-state index contributed by atoms with van der Waals surface area (Å²) in [4.78, 5) is 4.91. The fourth-order valence-corrected chi connectivity index (χ4v) is 2.19. The second kappa shape index (κ2) is 6.04. The third-order valence-electron chi connectivity index (χ3n) is 3.32. The van der Waals surface area contributed by atoms with Crippen LogP contribution in [0.25, 0.3) is 0 Å². The smallest absolute Gasteiger partial charge is 0.0899 e. The van der Waals surface area contributed by atoms with Gasteiger partial charge in [-0.3, -0.25) is 0 Å². The molecule has 0 spiro atoms. The Balaban J connectivity index is 2.36. The van der Waals surface area contributed by atoms with Crippen molar-refractivity contribution < 1.29 is 0 Å². The van der Waals surface area contributed by atoms with E-state index < -0.39 is 0 Å². The molecule has 0 aromatic rings. The zero-order valence-electron chi connectivity index (χ0n) is 10.7. The average Bonchev–Trinajstić information content (AvgIpc) is 2.67. The molecule has 1 aliphatic heterocycles. The van der Waals surface area contributed by atoms with Crippen LogP contribution in [0.2, 0.25) is 0 Å². The summed E-state index contributed by atoms with van der Waals surface area (Å²) in [7, 11) is 0. The maximum atomic E-state index is 2.45. The van der Waals surface area contributed by atoms with Crippen LogP contribution in [0.15, 0.2) is 12.4 Å². The highest BCUT2D eigenvalue weighted by Crippen LogP contribution is 2.18. The van der Waals surface area contributed by atoms with Gasteiger partial charge in [0.2, 0.25) is 0 Å². The lowest BCUT2D eigenvalue weighted by Gasteiger charge is -2.30. The first-order chi connectivity index (χ1) is 7.19. The Labute approximate surface area is 94.9 Å². The Bertz CT molecular complexity index is 181. The Hall–Kier alpha value is -0.660. The predicted octanol–water partition coefficient (Wildman–Crippen LogP) is 3.41. The molecule has 2 unspecified atom stereocenters. The molecule has 0 aliphatic carbocycles. The third kappa shape index (κ3) is 3.44. The summed E-state index contributed by atoms with van der Waals surface area (Å²) >= 11 is 0. The van der Waals surface area contributed by atoms with Crippen molar-refractivity contribution in [1.29, 1.82) is 0 Å². The molecular formula is C13H26N2. The van der Waals surface area contributed by atoms with Gasteiger partial charge >= 0.3 is 0 Å². The molecule has 0 saturated carbocycles. The van der Waals surface area contributed by atoms with Gasteiger partial charge in [0.25, 0.3) is 0 Å². The van der Waals surface area contributed by atoms with Crippen molar-refractivity contribution in [2.75, 3.05) is 6.67 Å². The SMILES string of the molecule is CCCC(C)N1C=CN(C(C)CCC)C1. The molecule has 0 saturated heterocycles. The Morgan fingerprint density at radius 1 is 0.933 bits per heavy atom. The zero-order chi connectivity index (χ0) is 11.3. The van der Waals surface area contributed by atoms with Gasteiger partial charge in [-0.25, -0.2) is 0 Å². The minimum Gasteiger partial charge on any atom is -0.356 e. The lowest BCUT2D eigenvalue weighted by Crippen LogP contribution is -2.35.